The normalized spacial score (nSPS) is 43.4. The van der Waals surface area contributed by atoms with Gasteiger partial charge in [-0.1, -0.05) is 23.6 Å². The van der Waals surface area contributed by atoms with Gasteiger partial charge in [-0.2, -0.15) is 0 Å². The highest BCUT2D eigenvalue weighted by Gasteiger charge is 2.48. The van der Waals surface area contributed by atoms with Crippen LogP contribution in [0.1, 0.15) is 13.3 Å². The molecule has 0 aromatic rings. The van der Waals surface area contributed by atoms with E-state index in [1.807, 2.05) is 0 Å². The first-order valence-corrected chi connectivity index (χ1v) is 10.6. The summed E-state index contributed by atoms with van der Waals surface area (Å²) in [6.45, 7) is 4.65. The number of hydrogen-bond donors (Lipinski definition) is 5. The molecular weight excluding hydrogens is 369 g/mol. The van der Waals surface area contributed by atoms with Gasteiger partial charge in [-0.15, -0.1) is 0 Å². The standard InChI is InChI=1S/C17H30FN7OS/c1-9-12(10-3-5-24(2)6-4-10)17(27-23-9)21-16(26)13-14(19)22-25-8-11(18)7-20-15(13)25/h3,9,11-15,17,20,22-23H,4-8,19H2,1-2H3,(H,21,26). The second-order valence-electron chi connectivity index (χ2n) is 8.05. The SMILES string of the molecule is CC1NSC(NC(=O)C2C(N)NN3CC(F)CNC23)C1C1=CCN(C)CC1. The van der Waals surface area contributed by atoms with Crippen molar-refractivity contribution >= 4 is 17.9 Å². The van der Waals surface area contributed by atoms with Gasteiger partial charge in [0.25, 0.3) is 0 Å². The molecule has 152 valence electrons. The molecule has 10 heteroatoms. The molecule has 7 unspecified atom stereocenters. The van der Waals surface area contributed by atoms with E-state index in [1.165, 1.54) is 5.57 Å². The zero-order valence-electron chi connectivity index (χ0n) is 15.8. The first-order chi connectivity index (χ1) is 12.9. The maximum absolute atomic E-state index is 13.6. The number of carbonyl (C=O) groups is 1. The minimum atomic E-state index is -0.959. The molecule has 0 bridgehead atoms. The highest BCUT2D eigenvalue weighted by molar-refractivity contribution is 7.98. The van der Waals surface area contributed by atoms with Gasteiger partial charge in [0, 0.05) is 38.1 Å². The number of hydrazine groups is 1. The summed E-state index contributed by atoms with van der Waals surface area (Å²) in [6.07, 6.45) is 1.57. The number of amides is 1. The molecule has 4 heterocycles. The lowest BCUT2D eigenvalue weighted by Crippen LogP contribution is -2.59. The number of fused-ring (bicyclic) bond motifs is 1. The summed E-state index contributed by atoms with van der Waals surface area (Å²) in [7, 11) is 2.12. The molecule has 0 radical (unpaired) electrons. The molecule has 0 spiro atoms. The Labute approximate surface area is 163 Å². The first-order valence-electron chi connectivity index (χ1n) is 9.69. The Balaban J connectivity index is 1.44. The largest absolute Gasteiger partial charge is 0.342 e. The van der Waals surface area contributed by atoms with E-state index in [4.69, 9.17) is 5.73 Å². The van der Waals surface area contributed by atoms with Crippen molar-refractivity contribution in [1.29, 1.82) is 0 Å². The summed E-state index contributed by atoms with van der Waals surface area (Å²) in [4.78, 5) is 15.4. The lowest BCUT2D eigenvalue weighted by Gasteiger charge is -2.34. The zero-order chi connectivity index (χ0) is 19.1. The number of carbonyl (C=O) groups excluding carboxylic acids is 1. The Morgan fingerprint density at radius 2 is 2.30 bits per heavy atom. The quantitative estimate of drug-likeness (QED) is 0.303. The maximum Gasteiger partial charge on any atom is 0.230 e. The second kappa shape index (κ2) is 7.94. The van der Waals surface area contributed by atoms with Crippen LogP contribution < -0.4 is 26.5 Å². The average molecular weight is 400 g/mol. The van der Waals surface area contributed by atoms with Crippen LogP contribution in [-0.2, 0) is 4.79 Å². The first kappa shape index (κ1) is 19.6. The molecule has 4 aliphatic rings. The van der Waals surface area contributed by atoms with Gasteiger partial charge >= 0.3 is 0 Å². The number of nitrogens with one attached hydrogen (secondary N) is 4. The number of nitrogens with zero attached hydrogens (tertiary/aromatic N) is 2. The summed E-state index contributed by atoms with van der Waals surface area (Å²) in [5, 5.41) is 8.02. The van der Waals surface area contributed by atoms with Crippen LogP contribution in [-0.4, -0.2) is 79.0 Å². The second-order valence-corrected chi connectivity index (χ2v) is 9.03. The summed E-state index contributed by atoms with van der Waals surface area (Å²) < 4.78 is 17.0. The van der Waals surface area contributed by atoms with Crippen molar-refractivity contribution < 1.29 is 9.18 Å². The third-order valence-electron chi connectivity index (χ3n) is 6.03. The topological polar surface area (TPSA) is 97.7 Å². The molecule has 3 saturated heterocycles. The molecule has 3 fully saturated rings. The van der Waals surface area contributed by atoms with Crippen molar-refractivity contribution in [1.82, 2.24) is 30.7 Å². The van der Waals surface area contributed by atoms with E-state index in [-0.39, 0.29) is 36.5 Å². The van der Waals surface area contributed by atoms with Crippen molar-refractivity contribution in [3.8, 4) is 0 Å². The van der Waals surface area contributed by atoms with Crippen LogP contribution in [0.2, 0.25) is 0 Å². The van der Waals surface area contributed by atoms with Gasteiger partial charge in [0.2, 0.25) is 5.91 Å². The van der Waals surface area contributed by atoms with E-state index < -0.39 is 18.3 Å². The van der Waals surface area contributed by atoms with Crippen molar-refractivity contribution in [2.75, 3.05) is 33.2 Å². The average Bonchev–Trinajstić information content (AvgIpc) is 3.14. The van der Waals surface area contributed by atoms with Gasteiger partial charge in [0.1, 0.15) is 6.17 Å². The molecule has 6 N–H and O–H groups in total. The number of alkyl halides is 1. The molecule has 8 nitrogen and oxygen atoms in total. The van der Waals surface area contributed by atoms with Crippen LogP contribution in [0.3, 0.4) is 0 Å². The van der Waals surface area contributed by atoms with Crippen molar-refractivity contribution in [3.63, 3.8) is 0 Å². The van der Waals surface area contributed by atoms with E-state index in [9.17, 15) is 9.18 Å². The fourth-order valence-corrected chi connectivity index (χ4v) is 5.77. The Morgan fingerprint density at radius 1 is 1.48 bits per heavy atom. The van der Waals surface area contributed by atoms with Crippen molar-refractivity contribution in [3.05, 3.63) is 11.6 Å². The summed E-state index contributed by atoms with van der Waals surface area (Å²) in [6, 6.07) is 0.293. The lowest BCUT2D eigenvalue weighted by atomic mass is 9.88. The lowest BCUT2D eigenvalue weighted by molar-refractivity contribution is -0.127. The number of nitrogens with two attached hydrogens (primary N) is 1. The zero-order valence-corrected chi connectivity index (χ0v) is 16.6. The van der Waals surface area contributed by atoms with Gasteiger partial charge in [-0.25, -0.2) is 14.8 Å². The van der Waals surface area contributed by atoms with Crippen LogP contribution in [0.15, 0.2) is 11.6 Å². The van der Waals surface area contributed by atoms with Gasteiger partial charge in [-0.05, 0) is 20.4 Å². The van der Waals surface area contributed by atoms with E-state index in [0.29, 0.717) is 6.04 Å². The van der Waals surface area contributed by atoms with Gasteiger partial charge in [0.05, 0.1) is 23.6 Å². The number of halogens is 1. The van der Waals surface area contributed by atoms with Gasteiger partial charge in [0.15, 0.2) is 0 Å². The highest BCUT2D eigenvalue weighted by Crippen LogP contribution is 2.36. The fraction of sp³-hybridized carbons (Fsp3) is 0.824. The molecule has 0 saturated carbocycles. The minimum absolute atomic E-state index is 0.0269. The Morgan fingerprint density at radius 3 is 3.04 bits per heavy atom. The van der Waals surface area contributed by atoms with E-state index >= 15 is 0 Å². The third kappa shape index (κ3) is 3.89. The molecule has 0 aromatic carbocycles. The van der Waals surface area contributed by atoms with Crippen molar-refractivity contribution in [2.24, 2.45) is 17.6 Å². The van der Waals surface area contributed by atoms with Crippen LogP contribution in [0.25, 0.3) is 0 Å². The molecule has 4 aliphatic heterocycles. The van der Waals surface area contributed by atoms with Crippen LogP contribution in [0, 0.1) is 11.8 Å². The van der Waals surface area contributed by atoms with Crippen LogP contribution >= 0.6 is 11.9 Å². The molecule has 0 aromatic heterocycles. The number of rotatable bonds is 3. The highest BCUT2D eigenvalue weighted by atomic mass is 32.2. The smallest absolute Gasteiger partial charge is 0.230 e. The maximum atomic E-state index is 13.6. The molecule has 27 heavy (non-hydrogen) atoms. The Kier molecular flexibility index (Phi) is 5.75. The summed E-state index contributed by atoms with van der Waals surface area (Å²) in [5.41, 5.74) is 10.6. The summed E-state index contributed by atoms with van der Waals surface area (Å²) >= 11 is 1.58. The molecule has 4 rings (SSSR count). The monoisotopic (exact) mass is 399 g/mol. The summed E-state index contributed by atoms with van der Waals surface area (Å²) in [5.74, 6) is -0.274. The van der Waals surface area contributed by atoms with E-state index in [0.717, 1.165) is 19.5 Å². The number of hydrogen-bond acceptors (Lipinski definition) is 8. The van der Waals surface area contributed by atoms with Gasteiger partial charge < -0.3 is 16.0 Å². The molecular formula is C17H30FN7OS. The van der Waals surface area contributed by atoms with E-state index in [1.54, 1.807) is 17.0 Å². The van der Waals surface area contributed by atoms with Crippen LogP contribution in [0.5, 0.6) is 0 Å². The fourth-order valence-electron chi connectivity index (χ4n) is 4.53. The molecule has 1 amide bonds. The van der Waals surface area contributed by atoms with Crippen molar-refractivity contribution in [2.45, 2.75) is 43.3 Å². The minimum Gasteiger partial charge on any atom is -0.342 e. The predicted octanol–water partition coefficient (Wildman–Crippen LogP) is -1.06. The van der Waals surface area contributed by atoms with Crippen LogP contribution in [0.4, 0.5) is 4.39 Å². The van der Waals surface area contributed by atoms with E-state index in [2.05, 4.69) is 45.7 Å². The third-order valence-corrected chi connectivity index (χ3v) is 7.20. The number of likely N-dealkylation sites (N-methyl/N-ethyl adjacent to an activating group) is 1. The molecule has 0 aliphatic carbocycles. The Hall–Kier alpha value is -0.750. The molecule has 7 atom stereocenters. The predicted molar refractivity (Wildman–Crippen MR) is 104 cm³/mol. The Bertz CT molecular complexity index is 608. The van der Waals surface area contributed by atoms with Gasteiger partial charge in [-0.3, -0.25) is 14.8 Å².